The quantitative estimate of drug-likeness (QED) is 0.0844. The van der Waals surface area contributed by atoms with Crippen LogP contribution in [0.4, 0.5) is 17.1 Å². The van der Waals surface area contributed by atoms with Gasteiger partial charge < -0.3 is 20.9 Å². The number of nitro groups is 1. The minimum atomic E-state index is -0.402. The van der Waals surface area contributed by atoms with Crippen LogP contribution in [0.2, 0.25) is 0 Å². The summed E-state index contributed by atoms with van der Waals surface area (Å²) in [5.41, 5.74) is 22.5. The van der Waals surface area contributed by atoms with E-state index in [1.165, 1.54) is 24.1 Å². The SMILES string of the molecule is C.C.C=C1C(=[NH2+])C=Cc2ncccc21.CCc1c(N)ccc2ncccc12.COCc1c(N)ccc2ncccc12.COCc1c([N+](=O)[O-])ccc2ncccc12. The summed E-state index contributed by atoms with van der Waals surface area (Å²) >= 11 is 0. The lowest BCUT2D eigenvalue weighted by molar-refractivity contribution is -0.385. The minimum Gasteiger partial charge on any atom is -0.398 e. The molecular weight excluding hydrogens is 717 g/mol. The summed E-state index contributed by atoms with van der Waals surface area (Å²) in [6, 6.07) is 26.1. The van der Waals surface area contributed by atoms with E-state index in [2.05, 4.69) is 39.5 Å². The maximum Gasteiger partial charge on any atom is 0.275 e. The second kappa shape index (κ2) is 21.3. The van der Waals surface area contributed by atoms with E-state index in [0.29, 0.717) is 12.2 Å². The van der Waals surface area contributed by atoms with Crippen LogP contribution < -0.4 is 16.9 Å². The molecule has 57 heavy (non-hydrogen) atoms. The first-order valence-electron chi connectivity index (χ1n) is 17.4. The highest BCUT2D eigenvalue weighted by atomic mass is 16.6. The van der Waals surface area contributed by atoms with Crippen LogP contribution in [0, 0.1) is 10.1 Å². The maximum absolute atomic E-state index is 10.9. The predicted molar refractivity (Wildman–Crippen MR) is 234 cm³/mol. The van der Waals surface area contributed by atoms with E-state index in [0.717, 1.165) is 73.2 Å². The molecule has 0 bridgehead atoms. The summed E-state index contributed by atoms with van der Waals surface area (Å²) in [7, 11) is 3.17. The Hall–Kier alpha value is -6.89. The largest absolute Gasteiger partial charge is 0.398 e. The summed E-state index contributed by atoms with van der Waals surface area (Å²) in [6.07, 6.45) is 11.7. The number of fused-ring (bicyclic) bond motifs is 4. The predicted octanol–water partition coefficient (Wildman–Crippen LogP) is 8.23. The Kier molecular flexibility index (Phi) is 16.6. The number of nitrogen functional groups attached to an aromatic ring is 2. The highest BCUT2D eigenvalue weighted by Crippen LogP contribution is 2.28. The normalized spacial score (nSPS) is 11.1. The van der Waals surface area contributed by atoms with Crippen molar-refractivity contribution in [3.63, 3.8) is 0 Å². The monoisotopic (exact) mass is 767 g/mol. The zero-order valence-corrected chi connectivity index (χ0v) is 31.0. The van der Waals surface area contributed by atoms with Crippen LogP contribution in [-0.4, -0.2) is 44.8 Å². The molecule has 0 radical (unpaired) electrons. The molecule has 7 aromatic rings. The van der Waals surface area contributed by atoms with Gasteiger partial charge in [-0.05, 0) is 72.7 Å². The zero-order valence-electron chi connectivity index (χ0n) is 31.0. The lowest BCUT2D eigenvalue weighted by atomic mass is 9.96. The molecule has 0 fully saturated rings. The van der Waals surface area contributed by atoms with E-state index in [1.807, 2.05) is 72.8 Å². The van der Waals surface area contributed by atoms with Crippen molar-refractivity contribution in [2.24, 2.45) is 0 Å². The Morgan fingerprint density at radius 1 is 0.667 bits per heavy atom. The van der Waals surface area contributed by atoms with Crippen LogP contribution in [0.5, 0.6) is 0 Å². The van der Waals surface area contributed by atoms with E-state index in [9.17, 15) is 10.1 Å². The van der Waals surface area contributed by atoms with Gasteiger partial charge in [-0.3, -0.25) is 35.5 Å². The second-order valence-electron chi connectivity index (χ2n) is 12.2. The number of hydrogen-bond acceptors (Lipinski definition) is 10. The Bertz CT molecular complexity index is 2520. The molecule has 4 heterocycles. The van der Waals surface area contributed by atoms with Crippen molar-refractivity contribution in [1.29, 1.82) is 0 Å². The molecule has 4 aromatic heterocycles. The molecule has 0 saturated carbocycles. The smallest absolute Gasteiger partial charge is 0.275 e. The van der Waals surface area contributed by atoms with E-state index in [1.54, 1.807) is 44.0 Å². The molecule has 12 nitrogen and oxygen atoms in total. The van der Waals surface area contributed by atoms with Gasteiger partial charge in [-0.1, -0.05) is 52.6 Å². The Labute approximate surface area is 333 Å². The minimum absolute atomic E-state index is 0. The molecule has 12 heteroatoms. The third-order valence-electron chi connectivity index (χ3n) is 8.80. The van der Waals surface area contributed by atoms with Gasteiger partial charge in [-0.2, -0.15) is 0 Å². The topological polar surface area (TPSA) is 191 Å². The van der Waals surface area contributed by atoms with Crippen LogP contribution in [0.3, 0.4) is 0 Å². The number of nitro benzene ring substituents is 1. The Morgan fingerprint density at radius 2 is 1.12 bits per heavy atom. The summed E-state index contributed by atoms with van der Waals surface area (Å²) in [4.78, 5) is 27.3. The van der Waals surface area contributed by atoms with Gasteiger partial charge in [0.1, 0.15) is 0 Å². The van der Waals surface area contributed by atoms with E-state index in [4.69, 9.17) is 26.4 Å². The molecule has 0 unspecified atom stereocenters. The number of benzene rings is 3. The van der Waals surface area contributed by atoms with Crippen LogP contribution in [0.1, 0.15) is 49.7 Å². The number of allylic oxidation sites excluding steroid dienone is 2. The molecule has 1 aliphatic carbocycles. The average Bonchev–Trinajstić information content (AvgIpc) is 3.21. The zero-order chi connectivity index (χ0) is 39.3. The molecule has 6 N–H and O–H groups in total. The molecular formula is C45H51N8O4+. The molecule has 0 spiro atoms. The molecule has 3 aromatic carbocycles. The van der Waals surface area contributed by atoms with Gasteiger partial charge in [0.05, 0.1) is 45.9 Å². The number of aryl methyl sites for hydroxylation is 1. The first-order chi connectivity index (χ1) is 26.7. The second-order valence-corrected chi connectivity index (χ2v) is 12.2. The highest BCUT2D eigenvalue weighted by Gasteiger charge is 2.17. The van der Waals surface area contributed by atoms with Gasteiger partial charge in [0.15, 0.2) is 0 Å². The summed E-state index contributed by atoms with van der Waals surface area (Å²) in [6.45, 7) is 6.72. The third-order valence-corrected chi connectivity index (χ3v) is 8.80. The van der Waals surface area contributed by atoms with Gasteiger partial charge in [-0.15, -0.1) is 0 Å². The van der Waals surface area contributed by atoms with E-state index in [-0.39, 0.29) is 27.1 Å². The molecule has 294 valence electrons. The number of ether oxygens (including phenoxy) is 2. The van der Waals surface area contributed by atoms with Crippen molar-refractivity contribution in [1.82, 2.24) is 19.9 Å². The number of hydrogen-bond donors (Lipinski definition) is 3. The lowest BCUT2D eigenvalue weighted by Gasteiger charge is -2.08. The number of methoxy groups -OCH3 is 2. The number of pyridine rings is 4. The average molecular weight is 768 g/mol. The first-order valence-corrected chi connectivity index (χ1v) is 17.4. The van der Waals surface area contributed by atoms with Crippen LogP contribution in [-0.2, 0) is 29.1 Å². The van der Waals surface area contributed by atoms with Gasteiger partial charge in [0.2, 0.25) is 5.71 Å². The lowest BCUT2D eigenvalue weighted by Crippen LogP contribution is -2.39. The summed E-state index contributed by atoms with van der Waals surface area (Å²) in [5.74, 6) is 0. The molecule has 1 aliphatic rings. The molecule has 0 atom stereocenters. The molecule has 0 aliphatic heterocycles. The van der Waals surface area contributed by atoms with E-state index < -0.39 is 4.92 Å². The van der Waals surface area contributed by atoms with Gasteiger partial charge in [0, 0.05) is 95.4 Å². The van der Waals surface area contributed by atoms with Crippen molar-refractivity contribution < 1.29 is 19.8 Å². The van der Waals surface area contributed by atoms with Gasteiger partial charge in [-0.25, -0.2) is 0 Å². The fourth-order valence-electron chi connectivity index (χ4n) is 6.06. The third kappa shape index (κ3) is 10.7. The standard InChI is InChI=1S/C11H10N2O3.C11H12N2O.C11H12N2.C10H8N2.2CH4/c1-16-7-9-8-3-2-6-12-10(8)4-5-11(9)13(14)15;1-14-7-9-8-3-2-6-13-11(8)5-4-10(9)12;1-2-8-9-4-3-7-13-11(9)6-5-10(8)12;1-7-8-3-2-6-12-10(8)5-4-9(7)11;;/h2-6H,7H2,1H3;2-6H,7,12H2,1H3;3-7H,2,12H2,1H3;2-6,11H,1H2;2*1H4/p+1. The number of anilines is 2. The highest BCUT2D eigenvalue weighted by molar-refractivity contribution is 6.28. The van der Waals surface area contributed by atoms with E-state index >= 15 is 0 Å². The Morgan fingerprint density at radius 3 is 1.65 bits per heavy atom. The van der Waals surface area contributed by atoms with Gasteiger partial charge in [0.25, 0.3) is 5.69 Å². The Balaban J connectivity index is 0.000000202. The number of aromatic nitrogens is 4. The summed E-state index contributed by atoms with van der Waals surface area (Å²) in [5, 5.41) is 19.6. The van der Waals surface area contributed by atoms with Gasteiger partial charge >= 0.3 is 0 Å². The van der Waals surface area contributed by atoms with Crippen LogP contribution in [0.25, 0.3) is 44.4 Å². The van der Waals surface area contributed by atoms with Crippen molar-refractivity contribution in [2.45, 2.75) is 41.4 Å². The molecule has 8 rings (SSSR count). The van der Waals surface area contributed by atoms with Crippen LogP contribution in [0.15, 0.2) is 122 Å². The maximum atomic E-state index is 10.9. The number of nitrogens with two attached hydrogens (primary N) is 3. The number of nitrogens with zero attached hydrogens (tertiary/aromatic N) is 5. The first kappa shape index (κ1) is 44.5. The van der Waals surface area contributed by atoms with Crippen molar-refractivity contribution in [2.75, 3.05) is 25.7 Å². The van der Waals surface area contributed by atoms with Crippen LogP contribution >= 0.6 is 0 Å². The van der Waals surface area contributed by atoms with Crippen molar-refractivity contribution in [3.05, 3.63) is 160 Å². The number of rotatable bonds is 6. The fourth-order valence-corrected chi connectivity index (χ4v) is 6.06. The van der Waals surface area contributed by atoms with Crippen molar-refractivity contribution in [3.8, 4) is 0 Å². The van der Waals surface area contributed by atoms with Crippen molar-refractivity contribution >= 4 is 67.1 Å². The fraction of sp³-hybridized carbons (Fsp3) is 0.178. The summed E-state index contributed by atoms with van der Waals surface area (Å²) < 4.78 is 10.1. The molecule has 0 amide bonds. The molecule has 0 saturated heterocycles.